The number of carbonyl (C=O) groups excluding carboxylic acids is 1. The van der Waals surface area contributed by atoms with E-state index in [1.807, 2.05) is 36.4 Å². The number of benzene rings is 3. The van der Waals surface area contributed by atoms with E-state index in [-0.39, 0.29) is 18.3 Å². The average molecular weight is 434 g/mol. The van der Waals surface area contributed by atoms with Crippen LogP contribution >= 0.6 is 11.8 Å². The normalized spacial score (nSPS) is 15.9. The molecule has 1 aliphatic rings. The molecule has 0 saturated carbocycles. The molecule has 0 spiro atoms. The van der Waals surface area contributed by atoms with E-state index in [1.54, 1.807) is 37.5 Å². The Labute approximate surface area is 183 Å². The van der Waals surface area contributed by atoms with Crippen LogP contribution in [-0.2, 0) is 11.4 Å². The number of methoxy groups -OCH3 is 1. The maximum absolute atomic E-state index is 13.0. The molecule has 7 heteroatoms. The number of amidine groups is 1. The van der Waals surface area contributed by atoms with Gasteiger partial charge in [-0.3, -0.25) is 4.79 Å². The first kappa shape index (κ1) is 20.7. The third-order valence-corrected chi connectivity index (χ3v) is 5.34. The summed E-state index contributed by atoms with van der Waals surface area (Å²) in [6.45, 7) is 0.286. The van der Waals surface area contributed by atoms with Gasteiger partial charge in [0, 0.05) is 0 Å². The Morgan fingerprint density at radius 3 is 2.55 bits per heavy atom. The number of hydrogen-bond acceptors (Lipinski definition) is 5. The Hall–Kier alpha value is -3.58. The zero-order valence-corrected chi connectivity index (χ0v) is 17.5. The monoisotopic (exact) mass is 434 g/mol. The van der Waals surface area contributed by atoms with Gasteiger partial charge in [-0.1, -0.05) is 36.4 Å². The van der Waals surface area contributed by atoms with Crippen LogP contribution in [0.15, 0.2) is 82.7 Å². The van der Waals surface area contributed by atoms with Crippen LogP contribution in [0.2, 0.25) is 0 Å². The van der Waals surface area contributed by atoms with Crippen LogP contribution in [0.25, 0.3) is 6.08 Å². The van der Waals surface area contributed by atoms with Gasteiger partial charge in [-0.15, -0.1) is 0 Å². The summed E-state index contributed by atoms with van der Waals surface area (Å²) < 4.78 is 24.3. The van der Waals surface area contributed by atoms with Crippen molar-refractivity contribution in [3.8, 4) is 11.5 Å². The molecule has 0 aliphatic carbocycles. The standard InChI is InChI=1S/C24H19FN2O3S/c1-29-21-13-17(9-12-20(21)30-15-16-7-10-18(25)11-8-16)14-22-23(28)27-24(31-22)26-19-5-3-2-4-6-19/h2-14H,15H2,1H3,(H,26,27,28). The number of halogens is 1. The molecule has 156 valence electrons. The molecule has 1 heterocycles. The maximum Gasteiger partial charge on any atom is 0.264 e. The number of nitrogens with zero attached hydrogens (tertiary/aromatic N) is 1. The van der Waals surface area contributed by atoms with Crippen LogP contribution in [0.1, 0.15) is 11.1 Å². The van der Waals surface area contributed by atoms with E-state index in [4.69, 9.17) is 9.47 Å². The minimum atomic E-state index is -0.287. The molecule has 1 aliphatic heterocycles. The quantitative estimate of drug-likeness (QED) is 0.535. The highest BCUT2D eigenvalue weighted by Crippen LogP contribution is 2.32. The van der Waals surface area contributed by atoms with Gasteiger partial charge in [-0.2, -0.15) is 0 Å². The lowest BCUT2D eigenvalue weighted by atomic mass is 10.2. The highest BCUT2D eigenvalue weighted by atomic mass is 32.2. The van der Waals surface area contributed by atoms with E-state index >= 15 is 0 Å². The van der Waals surface area contributed by atoms with Crippen molar-refractivity contribution in [2.24, 2.45) is 4.99 Å². The number of carbonyl (C=O) groups is 1. The smallest absolute Gasteiger partial charge is 0.264 e. The predicted molar refractivity (Wildman–Crippen MR) is 121 cm³/mol. The van der Waals surface area contributed by atoms with Crippen LogP contribution in [-0.4, -0.2) is 18.2 Å². The highest BCUT2D eigenvalue weighted by Gasteiger charge is 2.24. The lowest BCUT2D eigenvalue weighted by molar-refractivity contribution is -0.115. The zero-order chi connectivity index (χ0) is 21.6. The molecule has 0 aromatic heterocycles. The van der Waals surface area contributed by atoms with E-state index < -0.39 is 0 Å². The summed E-state index contributed by atoms with van der Waals surface area (Å²) in [7, 11) is 1.55. The Morgan fingerprint density at radius 1 is 1.03 bits per heavy atom. The molecular formula is C24H19FN2O3S. The fourth-order valence-corrected chi connectivity index (χ4v) is 3.73. The summed E-state index contributed by atoms with van der Waals surface area (Å²) in [5, 5.41) is 3.31. The van der Waals surface area contributed by atoms with Crippen molar-refractivity contribution in [1.29, 1.82) is 0 Å². The fourth-order valence-electron chi connectivity index (χ4n) is 2.89. The summed E-state index contributed by atoms with van der Waals surface area (Å²) in [5.74, 6) is 0.613. The largest absolute Gasteiger partial charge is 0.493 e. The number of ether oxygens (including phenoxy) is 2. The van der Waals surface area contributed by atoms with Crippen molar-refractivity contribution in [2.75, 3.05) is 7.11 Å². The lowest BCUT2D eigenvalue weighted by Gasteiger charge is -2.11. The number of amides is 1. The summed E-state index contributed by atoms with van der Waals surface area (Å²) in [6, 6.07) is 21.0. The molecule has 0 bridgehead atoms. The van der Waals surface area contributed by atoms with Crippen LogP contribution in [0, 0.1) is 5.82 Å². The number of nitrogens with one attached hydrogen (secondary N) is 1. The summed E-state index contributed by atoms with van der Waals surface area (Å²) in [5.41, 5.74) is 2.42. The van der Waals surface area contributed by atoms with Gasteiger partial charge in [0.15, 0.2) is 16.7 Å². The van der Waals surface area contributed by atoms with E-state index in [1.165, 1.54) is 23.9 Å². The minimum absolute atomic E-state index is 0.199. The number of aliphatic imine (C=N–C) groups is 1. The van der Waals surface area contributed by atoms with Crippen molar-refractivity contribution < 1.29 is 18.7 Å². The van der Waals surface area contributed by atoms with Crippen molar-refractivity contribution >= 4 is 34.6 Å². The maximum atomic E-state index is 13.0. The number of thioether (sulfide) groups is 1. The molecule has 31 heavy (non-hydrogen) atoms. The van der Waals surface area contributed by atoms with Crippen molar-refractivity contribution in [3.05, 3.63) is 94.6 Å². The van der Waals surface area contributed by atoms with Crippen molar-refractivity contribution in [1.82, 2.24) is 5.32 Å². The molecule has 1 amide bonds. The first-order valence-corrected chi connectivity index (χ1v) is 10.3. The molecule has 1 fully saturated rings. The number of rotatable bonds is 6. The molecule has 3 aromatic rings. The van der Waals surface area contributed by atoms with E-state index in [2.05, 4.69) is 10.3 Å². The lowest BCUT2D eigenvalue weighted by Crippen LogP contribution is -2.19. The van der Waals surface area contributed by atoms with Crippen LogP contribution in [0.4, 0.5) is 10.1 Å². The molecule has 0 radical (unpaired) electrons. The van der Waals surface area contributed by atoms with Crippen LogP contribution < -0.4 is 14.8 Å². The summed E-state index contributed by atoms with van der Waals surface area (Å²) in [4.78, 5) is 17.3. The third kappa shape index (κ3) is 5.32. The van der Waals surface area contributed by atoms with Gasteiger partial charge in [0.25, 0.3) is 5.91 Å². The molecule has 0 unspecified atom stereocenters. The average Bonchev–Trinajstić information content (AvgIpc) is 3.13. The molecule has 5 nitrogen and oxygen atoms in total. The predicted octanol–water partition coefficient (Wildman–Crippen LogP) is 5.30. The second kappa shape index (κ2) is 9.49. The topological polar surface area (TPSA) is 59.9 Å². The van der Waals surface area contributed by atoms with E-state index in [0.29, 0.717) is 21.6 Å². The Kier molecular flexibility index (Phi) is 6.33. The van der Waals surface area contributed by atoms with Crippen LogP contribution in [0.5, 0.6) is 11.5 Å². The third-order valence-electron chi connectivity index (χ3n) is 4.43. The summed E-state index contributed by atoms with van der Waals surface area (Å²) >= 11 is 1.28. The van der Waals surface area contributed by atoms with Gasteiger partial charge in [0.1, 0.15) is 12.4 Å². The van der Waals surface area contributed by atoms with Gasteiger partial charge >= 0.3 is 0 Å². The molecule has 1 saturated heterocycles. The second-order valence-corrected chi connectivity index (χ2v) is 7.67. The molecule has 0 atom stereocenters. The Balaban J connectivity index is 1.48. The zero-order valence-electron chi connectivity index (χ0n) is 16.7. The second-order valence-electron chi connectivity index (χ2n) is 6.64. The SMILES string of the molecule is COc1cc(C=C2SC(=Nc3ccccc3)NC2=O)ccc1OCc1ccc(F)cc1. The fraction of sp³-hybridized carbons (Fsp3) is 0.0833. The van der Waals surface area contributed by atoms with E-state index in [9.17, 15) is 9.18 Å². The number of para-hydroxylation sites is 1. The van der Waals surface area contributed by atoms with E-state index in [0.717, 1.165) is 16.8 Å². The van der Waals surface area contributed by atoms with Gasteiger partial charge in [-0.25, -0.2) is 9.38 Å². The van der Waals surface area contributed by atoms with Gasteiger partial charge < -0.3 is 14.8 Å². The van der Waals surface area contributed by atoms with Gasteiger partial charge in [0.05, 0.1) is 17.7 Å². The van der Waals surface area contributed by atoms with Crippen molar-refractivity contribution in [2.45, 2.75) is 6.61 Å². The Morgan fingerprint density at radius 2 is 1.81 bits per heavy atom. The van der Waals surface area contributed by atoms with Crippen molar-refractivity contribution in [3.63, 3.8) is 0 Å². The first-order valence-electron chi connectivity index (χ1n) is 9.50. The minimum Gasteiger partial charge on any atom is -0.493 e. The molecular weight excluding hydrogens is 415 g/mol. The number of hydrogen-bond donors (Lipinski definition) is 1. The summed E-state index contributed by atoms with van der Waals surface area (Å²) in [6.07, 6.45) is 1.78. The Bertz CT molecular complexity index is 1150. The van der Waals surface area contributed by atoms with Gasteiger partial charge in [0.2, 0.25) is 0 Å². The molecule has 4 rings (SSSR count). The molecule has 1 N–H and O–H groups in total. The highest BCUT2D eigenvalue weighted by molar-refractivity contribution is 8.18. The first-order chi connectivity index (χ1) is 15.1. The van der Waals surface area contributed by atoms with Crippen LogP contribution in [0.3, 0.4) is 0 Å². The molecule has 3 aromatic carbocycles. The van der Waals surface area contributed by atoms with Gasteiger partial charge in [-0.05, 0) is 65.4 Å².